The maximum absolute atomic E-state index is 13.0. The summed E-state index contributed by atoms with van der Waals surface area (Å²) in [5, 5.41) is 4.52. The van der Waals surface area contributed by atoms with Gasteiger partial charge >= 0.3 is 11.9 Å². The van der Waals surface area contributed by atoms with Gasteiger partial charge in [0.2, 0.25) is 0 Å². The number of amides is 1. The lowest BCUT2D eigenvalue weighted by atomic mass is 10.0. The van der Waals surface area contributed by atoms with Gasteiger partial charge in [0, 0.05) is 10.9 Å². The topological polar surface area (TPSA) is 94.6 Å². The molecule has 28 heavy (non-hydrogen) atoms. The molecule has 1 aromatic carbocycles. The van der Waals surface area contributed by atoms with Crippen molar-refractivity contribution in [1.82, 2.24) is 10.3 Å². The van der Waals surface area contributed by atoms with E-state index >= 15 is 0 Å². The van der Waals surface area contributed by atoms with Gasteiger partial charge in [0.1, 0.15) is 16.9 Å². The molecule has 0 radical (unpaired) electrons. The molecule has 7 nitrogen and oxygen atoms in total. The minimum atomic E-state index is -0.805. The van der Waals surface area contributed by atoms with Gasteiger partial charge in [-0.25, -0.2) is 19.0 Å². The second-order valence-corrected chi connectivity index (χ2v) is 7.25. The Kier molecular flexibility index (Phi) is 7.62. The average molecular weight is 408 g/mol. The lowest BCUT2D eigenvalue weighted by molar-refractivity contribution is -0.145. The van der Waals surface area contributed by atoms with Gasteiger partial charge in [0.25, 0.3) is 5.91 Å². The monoisotopic (exact) mass is 408 g/mol. The molecule has 0 fully saturated rings. The molecule has 0 saturated carbocycles. The van der Waals surface area contributed by atoms with Crippen LogP contribution in [-0.2, 0) is 19.1 Å². The first-order chi connectivity index (χ1) is 13.3. The van der Waals surface area contributed by atoms with Crippen LogP contribution in [0.2, 0.25) is 0 Å². The van der Waals surface area contributed by atoms with Gasteiger partial charge < -0.3 is 14.8 Å². The van der Waals surface area contributed by atoms with Crippen LogP contribution in [0, 0.1) is 11.7 Å². The van der Waals surface area contributed by atoms with Crippen LogP contribution >= 0.6 is 11.3 Å². The molecule has 0 saturated heterocycles. The Morgan fingerprint density at radius 3 is 2.50 bits per heavy atom. The molecule has 9 heteroatoms. The van der Waals surface area contributed by atoms with Crippen molar-refractivity contribution in [3.63, 3.8) is 0 Å². The third kappa shape index (κ3) is 6.12. The Morgan fingerprint density at radius 1 is 1.21 bits per heavy atom. The molecule has 2 rings (SSSR count). The van der Waals surface area contributed by atoms with Gasteiger partial charge in [-0.2, -0.15) is 0 Å². The lowest BCUT2D eigenvalue weighted by Gasteiger charge is -2.18. The molecule has 0 spiro atoms. The van der Waals surface area contributed by atoms with Crippen LogP contribution in [0.5, 0.6) is 0 Å². The van der Waals surface area contributed by atoms with Gasteiger partial charge in [0.05, 0.1) is 7.11 Å². The number of ether oxygens (including phenoxy) is 2. The zero-order valence-corrected chi connectivity index (χ0v) is 16.5. The average Bonchev–Trinajstić information content (AvgIpc) is 3.15. The van der Waals surface area contributed by atoms with Crippen molar-refractivity contribution in [1.29, 1.82) is 0 Å². The fourth-order valence-corrected chi connectivity index (χ4v) is 3.16. The first-order valence-electron chi connectivity index (χ1n) is 8.56. The number of esters is 2. The fraction of sp³-hybridized carbons (Fsp3) is 0.368. The van der Waals surface area contributed by atoms with E-state index in [1.807, 2.05) is 13.8 Å². The summed E-state index contributed by atoms with van der Waals surface area (Å²) in [5.74, 6) is -2.14. The van der Waals surface area contributed by atoms with Crippen molar-refractivity contribution < 1.29 is 28.2 Å². The number of hydrogen-bond donors (Lipinski definition) is 1. The maximum Gasteiger partial charge on any atom is 0.358 e. The zero-order valence-electron chi connectivity index (χ0n) is 15.7. The van der Waals surface area contributed by atoms with E-state index < -0.39 is 30.5 Å². The van der Waals surface area contributed by atoms with E-state index in [9.17, 15) is 18.8 Å². The molecule has 1 aromatic heterocycles. The van der Waals surface area contributed by atoms with Gasteiger partial charge in [-0.1, -0.05) is 13.8 Å². The Morgan fingerprint density at radius 2 is 1.89 bits per heavy atom. The van der Waals surface area contributed by atoms with Crippen LogP contribution in [0.3, 0.4) is 0 Å². The molecular weight excluding hydrogens is 387 g/mol. The zero-order chi connectivity index (χ0) is 20.7. The van der Waals surface area contributed by atoms with Gasteiger partial charge in [-0.15, -0.1) is 11.3 Å². The Bertz CT molecular complexity index is 835. The number of methoxy groups -OCH3 is 1. The van der Waals surface area contributed by atoms with Crippen LogP contribution in [0.4, 0.5) is 4.39 Å². The lowest BCUT2D eigenvalue weighted by Crippen LogP contribution is -2.44. The van der Waals surface area contributed by atoms with Crippen LogP contribution in [0.1, 0.15) is 30.8 Å². The summed E-state index contributed by atoms with van der Waals surface area (Å²) in [4.78, 5) is 40.0. The second kappa shape index (κ2) is 9.93. The van der Waals surface area contributed by atoms with E-state index in [4.69, 9.17) is 4.74 Å². The molecule has 2 aromatic rings. The maximum atomic E-state index is 13.0. The van der Waals surface area contributed by atoms with Crippen LogP contribution in [0.15, 0.2) is 29.6 Å². The molecule has 1 amide bonds. The predicted octanol–water partition coefficient (Wildman–Crippen LogP) is 2.81. The van der Waals surface area contributed by atoms with Crippen LogP contribution < -0.4 is 5.32 Å². The first kappa shape index (κ1) is 21.5. The fourth-order valence-electron chi connectivity index (χ4n) is 2.36. The molecule has 0 aliphatic carbocycles. The molecular formula is C19H21FN2O5S. The standard InChI is InChI=1S/C19H21FN2O5S/c1-11(2)8-14(18(24)26-3)21-16(23)9-27-19(25)15-10-28-17(22-15)12-4-6-13(20)7-5-12/h4-7,10-11,14H,8-9H2,1-3H3,(H,21,23)/t14-/m0/s1. The van der Waals surface area contributed by atoms with Crippen molar-refractivity contribution in [2.45, 2.75) is 26.3 Å². The van der Waals surface area contributed by atoms with Gasteiger partial charge in [0.15, 0.2) is 12.3 Å². The van der Waals surface area contributed by atoms with E-state index in [1.165, 1.54) is 36.0 Å². The van der Waals surface area contributed by atoms with Crippen molar-refractivity contribution in [3.05, 3.63) is 41.2 Å². The SMILES string of the molecule is COC(=O)[C@H](CC(C)C)NC(=O)COC(=O)c1csc(-c2ccc(F)cc2)n1. The number of nitrogens with one attached hydrogen (secondary N) is 1. The smallest absolute Gasteiger partial charge is 0.358 e. The van der Waals surface area contributed by atoms with Crippen molar-refractivity contribution in [2.75, 3.05) is 13.7 Å². The normalized spacial score (nSPS) is 11.8. The molecule has 0 bridgehead atoms. The second-order valence-electron chi connectivity index (χ2n) is 6.39. The van der Waals surface area contributed by atoms with E-state index in [0.717, 1.165) is 0 Å². The number of nitrogens with zero attached hydrogens (tertiary/aromatic N) is 1. The van der Waals surface area contributed by atoms with Crippen LogP contribution in [0.25, 0.3) is 10.6 Å². The summed E-state index contributed by atoms with van der Waals surface area (Å²) in [5.41, 5.74) is 0.710. The minimum absolute atomic E-state index is 0.0452. The summed E-state index contributed by atoms with van der Waals surface area (Å²) in [6.45, 7) is 3.26. The Hall–Kier alpha value is -2.81. The highest BCUT2D eigenvalue weighted by molar-refractivity contribution is 7.13. The number of thiazole rings is 1. The summed E-state index contributed by atoms with van der Waals surface area (Å²) in [6, 6.07) is 4.90. The number of carbonyl (C=O) groups is 3. The third-order valence-corrected chi connectivity index (χ3v) is 4.56. The van der Waals surface area contributed by atoms with E-state index in [1.54, 1.807) is 12.1 Å². The minimum Gasteiger partial charge on any atom is -0.467 e. The third-order valence-electron chi connectivity index (χ3n) is 3.67. The predicted molar refractivity (Wildman–Crippen MR) is 101 cm³/mol. The molecule has 1 heterocycles. The van der Waals surface area contributed by atoms with Gasteiger partial charge in [-0.05, 0) is 36.6 Å². The highest BCUT2D eigenvalue weighted by Crippen LogP contribution is 2.24. The molecule has 0 unspecified atom stereocenters. The van der Waals surface area contributed by atoms with Crippen LogP contribution in [-0.4, -0.2) is 42.6 Å². The number of aromatic nitrogens is 1. The number of hydrogen-bond acceptors (Lipinski definition) is 7. The highest BCUT2D eigenvalue weighted by atomic mass is 32.1. The van der Waals surface area contributed by atoms with Crippen molar-refractivity contribution in [3.8, 4) is 10.6 Å². The Balaban J connectivity index is 1.91. The molecule has 150 valence electrons. The summed E-state index contributed by atoms with van der Waals surface area (Å²) < 4.78 is 22.6. The number of benzene rings is 1. The van der Waals surface area contributed by atoms with Gasteiger partial charge in [-0.3, -0.25) is 4.79 Å². The molecule has 1 atom stereocenters. The summed E-state index contributed by atoms with van der Waals surface area (Å²) >= 11 is 1.20. The summed E-state index contributed by atoms with van der Waals surface area (Å²) in [7, 11) is 1.24. The first-order valence-corrected chi connectivity index (χ1v) is 9.44. The Labute approximate surface area is 165 Å². The molecule has 0 aliphatic heterocycles. The highest BCUT2D eigenvalue weighted by Gasteiger charge is 2.23. The largest absolute Gasteiger partial charge is 0.467 e. The number of rotatable bonds is 8. The number of carbonyl (C=O) groups excluding carboxylic acids is 3. The quantitative estimate of drug-likeness (QED) is 0.675. The molecule has 0 aliphatic rings. The molecule has 1 N–H and O–H groups in total. The summed E-state index contributed by atoms with van der Waals surface area (Å²) in [6.07, 6.45) is 0.402. The van der Waals surface area contributed by atoms with E-state index in [0.29, 0.717) is 17.0 Å². The van der Waals surface area contributed by atoms with Crippen molar-refractivity contribution >= 4 is 29.2 Å². The van der Waals surface area contributed by atoms with E-state index in [-0.39, 0.29) is 17.4 Å². The van der Waals surface area contributed by atoms with Crippen molar-refractivity contribution in [2.24, 2.45) is 5.92 Å². The number of halogens is 1. The van der Waals surface area contributed by atoms with E-state index in [2.05, 4.69) is 15.0 Å².